The molecule has 0 fully saturated rings. The van der Waals surface area contributed by atoms with Crippen LogP contribution in [-0.2, 0) is 0 Å². The third kappa shape index (κ3) is 3.17. The quantitative estimate of drug-likeness (QED) is 0.906. The number of nitrogens with one attached hydrogen (secondary N) is 1. The first-order chi connectivity index (χ1) is 9.51. The molecule has 1 aromatic heterocycles. The van der Waals surface area contributed by atoms with Gasteiger partial charge in [-0.1, -0.05) is 6.07 Å². The Morgan fingerprint density at radius 3 is 2.60 bits per heavy atom. The van der Waals surface area contributed by atoms with E-state index in [0.29, 0.717) is 5.75 Å². The van der Waals surface area contributed by atoms with Gasteiger partial charge in [0.2, 0.25) is 0 Å². The summed E-state index contributed by atoms with van der Waals surface area (Å²) in [6.07, 6.45) is 3.35. The molecule has 2 rings (SSSR count). The van der Waals surface area contributed by atoms with Crippen molar-refractivity contribution in [3.63, 3.8) is 0 Å². The summed E-state index contributed by atoms with van der Waals surface area (Å²) < 4.78 is 21.3. The van der Waals surface area contributed by atoms with Crippen LogP contribution in [0.3, 0.4) is 0 Å². The van der Waals surface area contributed by atoms with E-state index in [9.17, 15) is 4.39 Å². The van der Waals surface area contributed by atoms with Crippen LogP contribution in [0.4, 0.5) is 4.39 Å². The fraction of sp³-hybridized carbons (Fsp3) is 0.400. The number of hydrogen-bond donors (Lipinski definition) is 1. The Bertz CT molecular complexity index is 580. The Morgan fingerprint density at radius 1 is 1.30 bits per heavy atom. The molecule has 0 bridgehead atoms. The summed E-state index contributed by atoms with van der Waals surface area (Å²) in [4.78, 5) is 0. The molecule has 0 aliphatic heterocycles. The van der Waals surface area contributed by atoms with Crippen LogP contribution >= 0.6 is 0 Å². The van der Waals surface area contributed by atoms with Crippen molar-refractivity contribution in [2.45, 2.75) is 32.9 Å². The summed E-state index contributed by atoms with van der Waals surface area (Å²) in [7, 11) is 1.84. The summed E-state index contributed by atoms with van der Waals surface area (Å²) in [5.41, 5.74) is 0.884. The summed E-state index contributed by atoms with van der Waals surface area (Å²) in [6, 6.07) is 5.33. The first-order valence-electron chi connectivity index (χ1n) is 6.70. The Kier molecular flexibility index (Phi) is 4.39. The zero-order valence-electron chi connectivity index (χ0n) is 12.2. The Morgan fingerprint density at radius 2 is 2.05 bits per heavy atom. The molecule has 20 heavy (non-hydrogen) atoms. The molecule has 5 heteroatoms. The molecule has 1 aromatic carbocycles. The van der Waals surface area contributed by atoms with Crippen molar-refractivity contribution in [1.82, 2.24) is 15.1 Å². The standard InChI is InChI=1S/C15H20FN3O/c1-10(2)19-9-13(8-18-19)20-15-6-5-12(7-14(15)16)11(3)17-4/h5-11,17H,1-4H3. The molecule has 0 aliphatic rings. The van der Waals surface area contributed by atoms with Gasteiger partial charge in [0, 0.05) is 12.1 Å². The smallest absolute Gasteiger partial charge is 0.166 e. The van der Waals surface area contributed by atoms with E-state index in [0.717, 1.165) is 5.56 Å². The summed E-state index contributed by atoms with van der Waals surface area (Å²) >= 11 is 0. The minimum Gasteiger partial charge on any atom is -0.451 e. The van der Waals surface area contributed by atoms with Crippen molar-refractivity contribution in [2.24, 2.45) is 0 Å². The van der Waals surface area contributed by atoms with Crippen LogP contribution in [-0.4, -0.2) is 16.8 Å². The molecule has 0 aliphatic carbocycles. The van der Waals surface area contributed by atoms with E-state index in [4.69, 9.17) is 4.74 Å². The van der Waals surface area contributed by atoms with Gasteiger partial charge in [0.25, 0.3) is 0 Å². The molecule has 2 aromatic rings. The van der Waals surface area contributed by atoms with Crippen LogP contribution in [0.15, 0.2) is 30.6 Å². The summed E-state index contributed by atoms with van der Waals surface area (Å²) in [5, 5.41) is 7.23. The van der Waals surface area contributed by atoms with Gasteiger partial charge in [-0.2, -0.15) is 5.10 Å². The highest BCUT2D eigenvalue weighted by Gasteiger charge is 2.11. The number of benzene rings is 1. The Labute approximate surface area is 118 Å². The second kappa shape index (κ2) is 6.05. The molecule has 0 saturated carbocycles. The van der Waals surface area contributed by atoms with Crippen molar-refractivity contribution in [1.29, 1.82) is 0 Å². The van der Waals surface area contributed by atoms with Crippen LogP contribution < -0.4 is 10.1 Å². The molecule has 1 heterocycles. The fourth-order valence-corrected chi connectivity index (χ4v) is 1.82. The zero-order chi connectivity index (χ0) is 14.7. The molecular formula is C15H20FN3O. The van der Waals surface area contributed by atoms with E-state index in [2.05, 4.69) is 10.4 Å². The molecule has 0 radical (unpaired) electrons. The van der Waals surface area contributed by atoms with E-state index in [1.54, 1.807) is 23.1 Å². The Hall–Kier alpha value is -1.88. The first kappa shape index (κ1) is 14.5. The van der Waals surface area contributed by atoms with Gasteiger partial charge in [0.05, 0.1) is 12.4 Å². The highest BCUT2D eigenvalue weighted by Crippen LogP contribution is 2.27. The lowest BCUT2D eigenvalue weighted by molar-refractivity contribution is 0.438. The van der Waals surface area contributed by atoms with Crippen LogP contribution in [0.2, 0.25) is 0 Å². The topological polar surface area (TPSA) is 39.1 Å². The van der Waals surface area contributed by atoms with Gasteiger partial charge in [-0.05, 0) is 45.5 Å². The molecule has 108 valence electrons. The molecule has 1 atom stereocenters. The lowest BCUT2D eigenvalue weighted by Gasteiger charge is -2.12. The van der Waals surface area contributed by atoms with Crippen molar-refractivity contribution >= 4 is 0 Å². The molecule has 1 unspecified atom stereocenters. The van der Waals surface area contributed by atoms with Crippen LogP contribution in [0.25, 0.3) is 0 Å². The summed E-state index contributed by atoms with van der Waals surface area (Å²) in [6.45, 7) is 6.01. The van der Waals surface area contributed by atoms with Gasteiger partial charge in [0.15, 0.2) is 17.3 Å². The third-order valence-electron chi connectivity index (χ3n) is 3.22. The number of hydrogen-bond acceptors (Lipinski definition) is 3. The van der Waals surface area contributed by atoms with Crippen molar-refractivity contribution in [3.05, 3.63) is 42.0 Å². The van der Waals surface area contributed by atoms with Crippen molar-refractivity contribution in [3.8, 4) is 11.5 Å². The summed E-state index contributed by atoms with van der Waals surface area (Å²) in [5.74, 6) is 0.370. The van der Waals surface area contributed by atoms with Gasteiger partial charge >= 0.3 is 0 Å². The predicted octanol–water partition coefficient (Wildman–Crippen LogP) is 3.68. The minimum absolute atomic E-state index is 0.0993. The van der Waals surface area contributed by atoms with E-state index in [1.165, 1.54) is 6.07 Å². The van der Waals surface area contributed by atoms with Gasteiger partial charge in [-0.25, -0.2) is 4.39 Å². The number of rotatable bonds is 5. The number of aromatic nitrogens is 2. The Balaban J connectivity index is 2.16. The van der Waals surface area contributed by atoms with Gasteiger partial charge in [-0.15, -0.1) is 0 Å². The molecule has 0 saturated heterocycles. The predicted molar refractivity (Wildman–Crippen MR) is 76.6 cm³/mol. The van der Waals surface area contributed by atoms with E-state index in [-0.39, 0.29) is 23.7 Å². The SMILES string of the molecule is CNC(C)c1ccc(Oc2cnn(C(C)C)c2)c(F)c1. The monoisotopic (exact) mass is 277 g/mol. The number of halogens is 1. The van der Waals surface area contributed by atoms with Crippen LogP contribution in [0, 0.1) is 5.82 Å². The number of ether oxygens (including phenoxy) is 1. The van der Waals surface area contributed by atoms with Crippen LogP contribution in [0.5, 0.6) is 11.5 Å². The average Bonchev–Trinajstić information content (AvgIpc) is 2.89. The van der Waals surface area contributed by atoms with Crippen LogP contribution in [0.1, 0.15) is 38.4 Å². The van der Waals surface area contributed by atoms with Gasteiger partial charge in [-0.3, -0.25) is 4.68 Å². The van der Waals surface area contributed by atoms with E-state index >= 15 is 0 Å². The highest BCUT2D eigenvalue weighted by atomic mass is 19.1. The van der Waals surface area contributed by atoms with Gasteiger partial charge < -0.3 is 10.1 Å². The maximum Gasteiger partial charge on any atom is 0.166 e. The zero-order valence-corrected chi connectivity index (χ0v) is 12.2. The lowest BCUT2D eigenvalue weighted by atomic mass is 10.1. The maximum absolute atomic E-state index is 14.0. The first-order valence-corrected chi connectivity index (χ1v) is 6.70. The van der Waals surface area contributed by atoms with Gasteiger partial charge in [0.1, 0.15) is 0 Å². The van der Waals surface area contributed by atoms with Crippen molar-refractivity contribution < 1.29 is 9.13 Å². The normalized spacial score (nSPS) is 12.7. The minimum atomic E-state index is -0.373. The maximum atomic E-state index is 14.0. The van der Waals surface area contributed by atoms with E-state index in [1.807, 2.05) is 33.9 Å². The highest BCUT2D eigenvalue weighted by molar-refractivity contribution is 5.34. The lowest BCUT2D eigenvalue weighted by Crippen LogP contribution is -2.12. The largest absolute Gasteiger partial charge is 0.451 e. The average molecular weight is 277 g/mol. The molecule has 1 N–H and O–H groups in total. The second-order valence-corrected chi connectivity index (χ2v) is 5.05. The third-order valence-corrected chi connectivity index (χ3v) is 3.22. The molecule has 4 nitrogen and oxygen atoms in total. The molecular weight excluding hydrogens is 257 g/mol. The fourth-order valence-electron chi connectivity index (χ4n) is 1.82. The molecule has 0 spiro atoms. The molecule has 0 amide bonds. The second-order valence-electron chi connectivity index (χ2n) is 5.05. The van der Waals surface area contributed by atoms with Crippen molar-refractivity contribution in [2.75, 3.05) is 7.05 Å². The number of nitrogens with zero attached hydrogens (tertiary/aromatic N) is 2. The van der Waals surface area contributed by atoms with E-state index < -0.39 is 0 Å².